The lowest BCUT2D eigenvalue weighted by Gasteiger charge is -2.11. The van der Waals surface area contributed by atoms with E-state index in [0.717, 1.165) is 5.75 Å². The number of nitrogens with two attached hydrogens (primary N) is 1. The SMILES string of the molecule is CSC[C@H](CN)NC(=O)O. The summed E-state index contributed by atoms with van der Waals surface area (Å²) in [6.45, 7) is 0.354. The number of nitrogens with one attached hydrogen (secondary N) is 1. The maximum absolute atomic E-state index is 10.1. The van der Waals surface area contributed by atoms with Crippen LogP contribution in [-0.4, -0.2) is 35.8 Å². The summed E-state index contributed by atoms with van der Waals surface area (Å²) in [6, 6.07) is -0.118. The topological polar surface area (TPSA) is 75.3 Å². The van der Waals surface area contributed by atoms with E-state index < -0.39 is 6.09 Å². The van der Waals surface area contributed by atoms with Crippen molar-refractivity contribution in [2.45, 2.75) is 6.04 Å². The van der Waals surface area contributed by atoms with Gasteiger partial charge in [0, 0.05) is 12.3 Å². The molecular weight excluding hydrogens is 152 g/mol. The average Bonchev–Trinajstić information content (AvgIpc) is 1.86. The van der Waals surface area contributed by atoms with E-state index in [0.29, 0.717) is 6.54 Å². The Morgan fingerprint density at radius 3 is 2.80 bits per heavy atom. The molecule has 4 N–H and O–H groups in total. The molecule has 0 radical (unpaired) electrons. The third-order valence-corrected chi connectivity index (χ3v) is 1.72. The van der Waals surface area contributed by atoms with Gasteiger partial charge >= 0.3 is 6.09 Å². The average molecular weight is 164 g/mol. The molecule has 0 spiro atoms. The number of amides is 1. The number of rotatable bonds is 4. The summed E-state index contributed by atoms with van der Waals surface area (Å²) in [7, 11) is 0. The Kier molecular flexibility index (Phi) is 5.15. The van der Waals surface area contributed by atoms with Crippen LogP contribution in [0.2, 0.25) is 0 Å². The van der Waals surface area contributed by atoms with Crippen LogP contribution in [0.15, 0.2) is 0 Å². The summed E-state index contributed by atoms with van der Waals surface area (Å²) in [5.74, 6) is 0.725. The molecule has 10 heavy (non-hydrogen) atoms. The highest BCUT2D eigenvalue weighted by molar-refractivity contribution is 7.98. The fourth-order valence-corrected chi connectivity index (χ4v) is 1.17. The van der Waals surface area contributed by atoms with Crippen LogP contribution < -0.4 is 11.1 Å². The molecule has 0 aromatic carbocycles. The summed E-state index contributed by atoms with van der Waals surface area (Å²) in [5, 5.41) is 10.6. The molecule has 0 heterocycles. The van der Waals surface area contributed by atoms with E-state index in [9.17, 15) is 4.79 Å². The minimum Gasteiger partial charge on any atom is -0.465 e. The zero-order valence-corrected chi connectivity index (χ0v) is 6.65. The van der Waals surface area contributed by atoms with Gasteiger partial charge in [-0.3, -0.25) is 0 Å². The molecule has 5 heteroatoms. The number of carboxylic acid groups (broad SMARTS) is 1. The normalized spacial score (nSPS) is 12.6. The summed E-state index contributed by atoms with van der Waals surface area (Å²) in [4.78, 5) is 10.1. The van der Waals surface area contributed by atoms with Crippen molar-refractivity contribution in [3.63, 3.8) is 0 Å². The molecular formula is C5H12N2O2S. The maximum Gasteiger partial charge on any atom is 0.404 e. The predicted octanol–water partition coefficient (Wildman–Crippen LogP) is -0.0557. The molecule has 0 bridgehead atoms. The molecule has 0 aliphatic carbocycles. The van der Waals surface area contributed by atoms with E-state index in [2.05, 4.69) is 5.32 Å². The first-order valence-corrected chi connectivity index (χ1v) is 4.28. The number of hydrogen-bond acceptors (Lipinski definition) is 3. The molecule has 0 aromatic heterocycles. The van der Waals surface area contributed by atoms with Crippen LogP contribution >= 0.6 is 11.8 Å². The Bertz CT molecular complexity index is 110. The molecule has 1 atom stereocenters. The van der Waals surface area contributed by atoms with Gasteiger partial charge in [0.1, 0.15) is 0 Å². The zero-order chi connectivity index (χ0) is 7.98. The number of hydrogen-bond donors (Lipinski definition) is 3. The Hall–Kier alpha value is -0.420. The second-order valence-electron chi connectivity index (χ2n) is 1.84. The van der Waals surface area contributed by atoms with Crippen LogP contribution in [0.5, 0.6) is 0 Å². The van der Waals surface area contributed by atoms with Gasteiger partial charge in [-0.25, -0.2) is 4.79 Å². The van der Waals surface area contributed by atoms with Crippen LogP contribution in [0.4, 0.5) is 4.79 Å². The molecule has 0 saturated heterocycles. The Balaban J connectivity index is 3.49. The fraction of sp³-hybridized carbons (Fsp3) is 0.800. The van der Waals surface area contributed by atoms with Crippen LogP contribution in [0.1, 0.15) is 0 Å². The zero-order valence-electron chi connectivity index (χ0n) is 5.83. The highest BCUT2D eigenvalue weighted by Crippen LogP contribution is 1.94. The summed E-state index contributed by atoms with van der Waals surface area (Å²) < 4.78 is 0. The molecule has 0 aliphatic rings. The van der Waals surface area contributed by atoms with Crippen molar-refractivity contribution in [2.24, 2.45) is 5.73 Å². The minimum atomic E-state index is -1.01. The predicted molar refractivity (Wildman–Crippen MR) is 42.4 cm³/mol. The lowest BCUT2D eigenvalue weighted by molar-refractivity contribution is 0.191. The molecule has 1 amide bonds. The van der Waals surface area contributed by atoms with Crippen molar-refractivity contribution < 1.29 is 9.90 Å². The maximum atomic E-state index is 10.1. The van der Waals surface area contributed by atoms with E-state index in [1.165, 1.54) is 0 Å². The molecule has 0 fully saturated rings. The number of carbonyl (C=O) groups is 1. The molecule has 0 unspecified atom stereocenters. The summed E-state index contributed by atoms with van der Waals surface area (Å²) in [6.07, 6.45) is 0.899. The van der Waals surface area contributed by atoms with Gasteiger partial charge in [0.05, 0.1) is 6.04 Å². The Labute approximate surface area is 64.2 Å². The molecule has 0 rings (SSSR count). The van der Waals surface area contributed by atoms with Crippen molar-refractivity contribution in [1.29, 1.82) is 0 Å². The summed E-state index contributed by atoms with van der Waals surface area (Å²) in [5.41, 5.74) is 5.27. The molecule has 4 nitrogen and oxygen atoms in total. The third kappa shape index (κ3) is 4.46. The second kappa shape index (κ2) is 5.37. The van der Waals surface area contributed by atoms with Crippen LogP contribution in [-0.2, 0) is 0 Å². The molecule has 60 valence electrons. The third-order valence-electron chi connectivity index (χ3n) is 0.980. The fourth-order valence-electron chi connectivity index (χ4n) is 0.544. The van der Waals surface area contributed by atoms with Crippen LogP contribution in [0.25, 0.3) is 0 Å². The quantitative estimate of drug-likeness (QED) is 0.544. The van der Waals surface area contributed by atoms with E-state index in [4.69, 9.17) is 10.8 Å². The standard InChI is InChI=1S/C5H12N2O2S/c1-10-3-4(2-6)7-5(8)9/h4,7H,2-3,6H2,1H3,(H,8,9)/t4-/m0/s1. The molecule has 0 saturated carbocycles. The molecule has 0 aromatic rings. The summed E-state index contributed by atoms with van der Waals surface area (Å²) >= 11 is 1.57. The smallest absolute Gasteiger partial charge is 0.404 e. The highest BCUT2D eigenvalue weighted by Gasteiger charge is 2.06. The van der Waals surface area contributed by atoms with Gasteiger partial charge in [0.15, 0.2) is 0 Å². The monoisotopic (exact) mass is 164 g/mol. The Morgan fingerprint density at radius 2 is 2.50 bits per heavy atom. The van der Waals surface area contributed by atoms with Crippen molar-refractivity contribution in [2.75, 3.05) is 18.6 Å². The second-order valence-corrected chi connectivity index (χ2v) is 2.75. The lowest BCUT2D eigenvalue weighted by atomic mass is 10.3. The lowest BCUT2D eigenvalue weighted by Crippen LogP contribution is -2.41. The highest BCUT2D eigenvalue weighted by atomic mass is 32.2. The Morgan fingerprint density at radius 1 is 1.90 bits per heavy atom. The van der Waals surface area contributed by atoms with Gasteiger partial charge < -0.3 is 16.2 Å². The first kappa shape index (κ1) is 9.58. The van der Waals surface area contributed by atoms with Gasteiger partial charge in [-0.05, 0) is 6.26 Å². The van der Waals surface area contributed by atoms with Crippen molar-refractivity contribution in [3.8, 4) is 0 Å². The van der Waals surface area contributed by atoms with Crippen molar-refractivity contribution >= 4 is 17.9 Å². The van der Waals surface area contributed by atoms with E-state index >= 15 is 0 Å². The first-order chi connectivity index (χ1) is 4.70. The van der Waals surface area contributed by atoms with Gasteiger partial charge in [0.25, 0.3) is 0 Å². The van der Waals surface area contributed by atoms with E-state index in [1.807, 2.05) is 6.26 Å². The van der Waals surface area contributed by atoms with Gasteiger partial charge in [-0.2, -0.15) is 11.8 Å². The van der Waals surface area contributed by atoms with Gasteiger partial charge in [-0.15, -0.1) is 0 Å². The number of thioether (sulfide) groups is 1. The van der Waals surface area contributed by atoms with E-state index in [1.54, 1.807) is 11.8 Å². The van der Waals surface area contributed by atoms with Crippen molar-refractivity contribution in [1.82, 2.24) is 5.32 Å². The van der Waals surface area contributed by atoms with Crippen molar-refractivity contribution in [3.05, 3.63) is 0 Å². The largest absolute Gasteiger partial charge is 0.465 e. The van der Waals surface area contributed by atoms with Gasteiger partial charge in [-0.1, -0.05) is 0 Å². The van der Waals surface area contributed by atoms with Crippen LogP contribution in [0, 0.1) is 0 Å². The molecule has 0 aliphatic heterocycles. The minimum absolute atomic E-state index is 0.118. The van der Waals surface area contributed by atoms with Crippen LogP contribution in [0.3, 0.4) is 0 Å². The van der Waals surface area contributed by atoms with Gasteiger partial charge in [0.2, 0.25) is 0 Å². The van der Waals surface area contributed by atoms with E-state index in [-0.39, 0.29) is 6.04 Å². The first-order valence-electron chi connectivity index (χ1n) is 2.89.